The normalized spacial score (nSPS) is 11.8. The Morgan fingerprint density at radius 2 is 2.00 bits per heavy atom. The molecule has 0 fully saturated rings. The summed E-state index contributed by atoms with van der Waals surface area (Å²) in [7, 11) is 0. The van der Waals surface area contributed by atoms with Gasteiger partial charge in [0.05, 0.1) is 10.4 Å². The van der Waals surface area contributed by atoms with E-state index >= 15 is 0 Å². The van der Waals surface area contributed by atoms with Gasteiger partial charge in [-0.2, -0.15) is 4.98 Å². The fourth-order valence-corrected chi connectivity index (χ4v) is 2.51. The zero-order valence-corrected chi connectivity index (χ0v) is 11.7. The Bertz CT molecular complexity index is 635. The van der Waals surface area contributed by atoms with E-state index in [2.05, 4.69) is 30.7 Å². The van der Waals surface area contributed by atoms with Crippen LogP contribution in [0.3, 0.4) is 0 Å². The third-order valence-corrected chi connectivity index (χ3v) is 4.22. The van der Waals surface area contributed by atoms with Crippen molar-refractivity contribution in [3.05, 3.63) is 32.9 Å². The van der Waals surface area contributed by atoms with Crippen LogP contribution in [0.25, 0.3) is 10.7 Å². The molecule has 2 N–H and O–H groups in total. The van der Waals surface area contributed by atoms with Gasteiger partial charge in [-0.25, -0.2) is 0 Å². The molecule has 0 amide bonds. The number of nitrogens with zero attached hydrogens (tertiary/aromatic N) is 1. The summed E-state index contributed by atoms with van der Waals surface area (Å²) in [6, 6.07) is 3.94. The number of hydrogen-bond acceptors (Lipinski definition) is 4. The van der Waals surface area contributed by atoms with E-state index in [1.165, 1.54) is 4.88 Å². The quantitative estimate of drug-likeness (QED) is 0.832. The molecule has 0 atom stereocenters. The van der Waals surface area contributed by atoms with Gasteiger partial charge in [0.1, 0.15) is 0 Å². The Labute approximate surface area is 109 Å². The second-order valence-electron chi connectivity index (χ2n) is 5.28. The van der Waals surface area contributed by atoms with E-state index in [1.807, 2.05) is 12.1 Å². The molecule has 96 valence electrons. The Kier molecular flexibility index (Phi) is 3.02. The first kappa shape index (κ1) is 12.8. The topological polar surface area (TPSA) is 66.0 Å². The number of aromatic nitrogens is 2. The van der Waals surface area contributed by atoms with Crippen molar-refractivity contribution < 1.29 is 5.11 Å². The van der Waals surface area contributed by atoms with Crippen LogP contribution < -0.4 is 5.56 Å². The number of aromatic amines is 1. The van der Waals surface area contributed by atoms with Crippen molar-refractivity contribution in [1.29, 1.82) is 0 Å². The van der Waals surface area contributed by atoms with Crippen molar-refractivity contribution >= 4 is 11.3 Å². The molecule has 2 rings (SSSR count). The van der Waals surface area contributed by atoms with E-state index in [0.717, 1.165) is 4.88 Å². The van der Waals surface area contributed by atoms with Gasteiger partial charge in [0, 0.05) is 4.88 Å². The van der Waals surface area contributed by atoms with Crippen LogP contribution in [0.4, 0.5) is 0 Å². The molecule has 4 nitrogen and oxygen atoms in total. The van der Waals surface area contributed by atoms with Gasteiger partial charge in [-0.05, 0) is 24.5 Å². The van der Waals surface area contributed by atoms with Gasteiger partial charge in [0.2, 0.25) is 5.88 Å². The smallest absolute Gasteiger partial charge is 0.257 e. The average molecular weight is 264 g/mol. The third-order valence-electron chi connectivity index (χ3n) is 2.70. The van der Waals surface area contributed by atoms with Crippen molar-refractivity contribution in [2.75, 3.05) is 0 Å². The number of thiophene rings is 1. The number of H-pyrrole nitrogens is 1. The second-order valence-corrected chi connectivity index (χ2v) is 6.36. The highest BCUT2D eigenvalue weighted by Gasteiger charge is 2.17. The number of hydrogen-bond donors (Lipinski definition) is 2. The van der Waals surface area contributed by atoms with E-state index in [9.17, 15) is 9.90 Å². The van der Waals surface area contributed by atoms with Gasteiger partial charge in [0.15, 0.2) is 5.82 Å². The Balaban J connectivity index is 2.50. The van der Waals surface area contributed by atoms with E-state index in [1.54, 1.807) is 18.3 Å². The molecule has 0 aliphatic heterocycles. The fourth-order valence-electron chi connectivity index (χ4n) is 1.51. The van der Waals surface area contributed by atoms with Crippen LogP contribution in [0.5, 0.6) is 5.88 Å². The van der Waals surface area contributed by atoms with E-state index in [-0.39, 0.29) is 22.4 Å². The van der Waals surface area contributed by atoms with Crippen LogP contribution >= 0.6 is 11.3 Å². The minimum Gasteiger partial charge on any atom is -0.493 e. The Morgan fingerprint density at radius 1 is 1.33 bits per heavy atom. The summed E-state index contributed by atoms with van der Waals surface area (Å²) in [4.78, 5) is 20.3. The molecule has 0 spiro atoms. The van der Waals surface area contributed by atoms with Gasteiger partial charge in [-0.1, -0.05) is 20.8 Å². The Hall–Kier alpha value is -1.62. The summed E-state index contributed by atoms with van der Waals surface area (Å²) in [5.74, 6) is 0.211. The zero-order chi connectivity index (χ0) is 13.5. The highest BCUT2D eigenvalue weighted by molar-refractivity contribution is 7.15. The second kappa shape index (κ2) is 4.24. The van der Waals surface area contributed by atoms with Crippen molar-refractivity contribution in [3.63, 3.8) is 0 Å². The first-order valence-electron chi connectivity index (χ1n) is 5.69. The Morgan fingerprint density at radius 3 is 2.50 bits per heavy atom. The lowest BCUT2D eigenvalue weighted by molar-refractivity contribution is 0.447. The molecule has 18 heavy (non-hydrogen) atoms. The first-order chi connectivity index (χ1) is 8.29. The molecule has 0 saturated carbocycles. The molecule has 2 heterocycles. The van der Waals surface area contributed by atoms with E-state index in [0.29, 0.717) is 5.82 Å². The molecule has 0 aliphatic rings. The predicted molar refractivity (Wildman–Crippen MR) is 73.3 cm³/mol. The molecule has 2 aromatic heterocycles. The van der Waals surface area contributed by atoms with Crippen molar-refractivity contribution in [2.24, 2.45) is 0 Å². The first-order valence-corrected chi connectivity index (χ1v) is 6.51. The van der Waals surface area contributed by atoms with Crippen LogP contribution in [-0.4, -0.2) is 15.1 Å². The summed E-state index contributed by atoms with van der Waals surface area (Å²) < 4.78 is 0. The highest BCUT2D eigenvalue weighted by atomic mass is 32.1. The van der Waals surface area contributed by atoms with Gasteiger partial charge >= 0.3 is 0 Å². The average Bonchev–Trinajstić information content (AvgIpc) is 2.73. The summed E-state index contributed by atoms with van der Waals surface area (Å²) in [5, 5.41) is 9.58. The van der Waals surface area contributed by atoms with E-state index in [4.69, 9.17) is 0 Å². The minimum atomic E-state index is -0.303. The lowest BCUT2D eigenvalue weighted by Gasteiger charge is -2.15. The number of rotatable bonds is 1. The molecule has 0 aromatic carbocycles. The maximum Gasteiger partial charge on any atom is 0.257 e. The molecular weight excluding hydrogens is 248 g/mol. The lowest BCUT2D eigenvalue weighted by Crippen LogP contribution is -2.11. The van der Waals surface area contributed by atoms with Gasteiger partial charge < -0.3 is 10.1 Å². The highest BCUT2D eigenvalue weighted by Crippen LogP contribution is 2.33. The van der Waals surface area contributed by atoms with Gasteiger partial charge in [0.25, 0.3) is 5.56 Å². The molecule has 5 heteroatoms. The molecule has 0 bridgehead atoms. The van der Waals surface area contributed by atoms with Crippen LogP contribution in [-0.2, 0) is 5.41 Å². The van der Waals surface area contributed by atoms with Crippen LogP contribution in [0, 0.1) is 6.92 Å². The van der Waals surface area contributed by atoms with Crippen molar-refractivity contribution in [2.45, 2.75) is 33.1 Å². The molecular formula is C13H16N2O2S. The zero-order valence-electron chi connectivity index (χ0n) is 10.9. The van der Waals surface area contributed by atoms with Crippen LogP contribution in [0.2, 0.25) is 0 Å². The predicted octanol–water partition coefficient (Wildman–Crippen LogP) is 2.81. The summed E-state index contributed by atoms with van der Waals surface area (Å²) in [5.41, 5.74) is 0.00484. The van der Waals surface area contributed by atoms with Crippen molar-refractivity contribution in [1.82, 2.24) is 9.97 Å². The fraction of sp³-hybridized carbons (Fsp3) is 0.385. The summed E-state index contributed by atoms with van der Waals surface area (Å²) in [6.45, 7) is 7.93. The SMILES string of the molecule is Cc1c(O)nc(-c2ccc(C(C)(C)C)s2)[nH]c1=O. The summed E-state index contributed by atoms with van der Waals surface area (Å²) in [6.07, 6.45) is 0. The minimum absolute atomic E-state index is 0.0654. The monoisotopic (exact) mass is 264 g/mol. The largest absolute Gasteiger partial charge is 0.493 e. The van der Waals surface area contributed by atoms with Crippen LogP contribution in [0.15, 0.2) is 16.9 Å². The van der Waals surface area contributed by atoms with E-state index < -0.39 is 0 Å². The lowest BCUT2D eigenvalue weighted by atomic mass is 9.95. The third kappa shape index (κ3) is 2.31. The molecule has 0 unspecified atom stereocenters. The molecule has 0 radical (unpaired) electrons. The standard InChI is InChI=1S/C13H16N2O2S/c1-7-11(16)14-10(15-12(7)17)8-5-6-9(18-8)13(2,3)4/h5-6H,1-4H3,(H2,14,15,16,17). The number of nitrogens with one attached hydrogen (secondary N) is 1. The molecule has 0 saturated heterocycles. The number of aromatic hydroxyl groups is 1. The van der Waals surface area contributed by atoms with Gasteiger partial charge in [-0.3, -0.25) is 4.79 Å². The molecule has 2 aromatic rings. The molecule has 0 aliphatic carbocycles. The summed E-state index contributed by atoms with van der Waals surface area (Å²) >= 11 is 1.57. The van der Waals surface area contributed by atoms with Crippen LogP contribution in [0.1, 0.15) is 31.2 Å². The van der Waals surface area contributed by atoms with Crippen molar-refractivity contribution in [3.8, 4) is 16.6 Å². The maximum absolute atomic E-state index is 11.6. The maximum atomic E-state index is 11.6. The van der Waals surface area contributed by atoms with Gasteiger partial charge in [-0.15, -0.1) is 11.3 Å².